The van der Waals surface area contributed by atoms with Crippen molar-refractivity contribution in [2.24, 2.45) is 4.99 Å². The predicted molar refractivity (Wildman–Crippen MR) is 75.0 cm³/mol. The van der Waals surface area contributed by atoms with Gasteiger partial charge in [0.25, 0.3) is 5.91 Å². The van der Waals surface area contributed by atoms with Crippen molar-refractivity contribution in [2.75, 3.05) is 26.2 Å². The number of hydrogen-bond acceptors (Lipinski definition) is 3. The first kappa shape index (κ1) is 12.2. The molecule has 0 aliphatic carbocycles. The average Bonchev–Trinajstić information content (AvgIpc) is 3.10. The van der Waals surface area contributed by atoms with E-state index in [2.05, 4.69) is 22.0 Å². The highest BCUT2D eigenvalue weighted by molar-refractivity contribution is 6.38. The van der Waals surface area contributed by atoms with E-state index >= 15 is 0 Å². The van der Waals surface area contributed by atoms with Crippen molar-refractivity contribution in [3.8, 4) is 0 Å². The number of benzene rings is 1. The summed E-state index contributed by atoms with van der Waals surface area (Å²) in [5.41, 5.74) is 1.23. The maximum Gasteiger partial charge on any atom is 0.289 e. The summed E-state index contributed by atoms with van der Waals surface area (Å²) in [7, 11) is 0. The maximum atomic E-state index is 12.4. The molecule has 1 aromatic carbocycles. The molecule has 0 saturated carbocycles. The summed E-state index contributed by atoms with van der Waals surface area (Å²) in [6.45, 7) is 4.14. The zero-order chi connectivity index (χ0) is 13.1. The van der Waals surface area contributed by atoms with Crippen LogP contribution in [0.3, 0.4) is 0 Å². The van der Waals surface area contributed by atoms with Gasteiger partial charge in [-0.15, -0.1) is 0 Å². The van der Waals surface area contributed by atoms with Gasteiger partial charge in [-0.2, -0.15) is 0 Å². The molecule has 0 spiro atoms. The van der Waals surface area contributed by atoms with E-state index in [-0.39, 0.29) is 5.91 Å². The molecule has 19 heavy (non-hydrogen) atoms. The number of amidine groups is 1. The third kappa shape index (κ3) is 2.62. The highest BCUT2D eigenvalue weighted by Gasteiger charge is 2.29. The topological polar surface area (TPSA) is 35.9 Å². The lowest BCUT2D eigenvalue weighted by Crippen LogP contribution is -2.41. The van der Waals surface area contributed by atoms with Gasteiger partial charge >= 0.3 is 0 Å². The summed E-state index contributed by atoms with van der Waals surface area (Å²) >= 11 is 0. The highest BCUT2D eigenvalue weighted by atomic mass is 16.2. The van der Waals surface area contributed by atoms with Crippen LogP contribution in [0.1, 0.15) is 18.4 Å². The van der Waals surface area contributed by atoms with Gasteiger partial charge in [-0.25, -0.2) is 0 Å². The molecule has 0 aromatic heterocycles. The van der Waals surface area contributed by atoms with Gasteiger partial charge in [0.05, 0.1) is 6.54 Å². The number of aliphatic imine (C=N–C) groups is 1. The molecule has 0 radical (unpaired) electrons. The Morgan fingerprint density at radius 3 is 2.58 bits per heavy atom. The number of rotatable bonds is 3. The smallest absolute Gasteiger partial charge is 0.289 e. The first-order chi connectivity index (χ1) is 9.34. The summed E-state index contributed by atoms with van der Waals surface area (Å²) in [5.74, 6) is 0.775. The van der Waals surface area contributed by atoms with Crippen LogP contribution < -0.4 is 0 Å². The number of amides is 1. The van der Waals surface area contributed by atoms with Crippen molar-refractivity contribution in [1.29, 1.82) is 0 Å². The van der Waals surface area contributed by atoms with Crippen molar-refractivity contribution in [3.63, 3.8) is 0 Å². The summed E-state index contributed by atoms with van der Waals surface area (Å²) in [6, 6.07) is 10.3. The monoisotopic (exact) mass is 257 g/mol. The van der Waals surface area contributed by atoms with Crippen molar-refractivity contribution in [1.82, 2.24) is 9.80 Å². The zero-order valence-corrected chi connectivity index (χ0v) is 11.1. The molecule has 0 bridgehead atoms. The number of likely N-dealkylation sites (tertiary alicyclic amines) is 1. The van der Waals surface area contributed by atoms with Crippen LogP contribution in [0.2, 0.25) is 0 Å². The fraction of sp³-hybridized carbons (Fsp3) is 0.467. The van der Waals surface area contributed by atoms with E-state index in [1.54, 1.807) is 0 Å². The summed E-state index contributed by atoms with van der Waals surface area (Å²) in [4.78, 5) is 20.9. The maximum absolute atomic E-state index is 12.4. The molecule has 4 nitrogen and oxygen atoms in total. The van der Waals surface area contributed by atoms with Crippen LogP contribution in [0, 0.1) is 0 Å². The number of carbonyl (C=O) groups is 1. The number of carbonyl (C=O) groups excluding carboxylic acids is 1. The largest absolute Gasteiger partial charge is 0.346 e. The number of nitrogens with zero attached hydrogens (tertiary/aromatic N) is 3. The van der Waals surface area contributed by atoms with Crippen molar-refractivity contribution >= 4 is 11.7 Å². The molecule has 0 unspecified atom stereocenters. The quantitative estimate of drug-likeness (QED) is 0.823. The van der Waals surface area contributed by atoms with Crippen molar-refractivity contribution < 1.29 is 4.79 Å². The third-order valence-electron chi connectivity index (χ3n) is 3.73. The molecule has 1 amide bonds. The highest BCUT2D eigenvalue weighted by Crippen LogP contribution is 2.14. The summed E-state index contributed by atoms with van der Waals surface area (Å²) < 4.78 is 0. The van der Waals surface area contributed by atoms with Crippen LogP contribution >= 0.6 is 0 Å². The fourth-order valence-electron chi connectivity index (χ4n) is 2.70. The van der Waals surface area contributed by atoms with E-state index in [4.69, 9.17) is 0 Å². The first-order valence-corrected chi connectivity index (χ1v) is 6.97. The second kappa shape index (κ2) is 5.43. The Morgan fingerprint density at radius 2 is 1.84 bits per heavy atom. The van der Waals surface area contributed by atoms with Crippen LogP contribution in [0.5, 0.6) is 0 Å². The Kier molecular flexibility index (Phi) is 3.49. The number of hydrogen-bond donors (Lipinski definition) is 0. The molecule has 2 heterocycles. The average molecular weight is 257 g/mol. The van der Waals surface area contributed by atoms with E-state index in [9.17, 15) is 4.79 Å². The van der Waals surface area contributed by atoms with Crippen LogP contribution in [-0.2, 0) is 11.3 Å². The summed E-state index contributed by atoms with van der Waals surface area (Å²) in [6.07, 6.45) is 2.25. The molecule has 2 aliphatic rings. The van der Waals surface area contributed by atoms with Gasteiger partial charge in [0.15, 0.2) is 5.84 Å². The summed E-state index contributed by atoms with van der Waals surface area (Å²) in [5, 5.41) is 0. The van der Waals surface area contributed by atoms with Gasteiger partial charge in [0, 0.05) is 26.2 Å². The standard InChI is InChI=1S/C15H19N3O/c19-15(17-9-4-5-10-17)14-16-8-11-18(14)12-13-6-2-1-3-7-13/h1-3,6-7H,4-5,8-12H2. The van der Waals surface area contributed by atoms with Gasteiger partial charge in [-0.1, -0.05) is 30.3 Å². The van der Waals surface area contributed by atoms with Gasteiger partial charge in [0.2, 0.25) is 0 Å². The minimum absolute atomic E-state index is 0.117. The van der Waals surface area contributed by atoms with Gasteiger partial charge in [0.1, 0.15) is 0 Å². The minimum Gasteiger partial charge on any atom is -0.346 e. The minimum atomic E-state index is 0.117. The van der Waals surface area contributed by atoms with Crippen LogP contribution in [0.25, 0.3) is 0 Å². The normalized spacial score (nSPS) is 18.8. The Bertz CT molecular complexity index is 477. The molecule has 100 valence electrons. The van der Waals surface area contributed by atoms with E-state index in [1.165, 1.54) is 5.56 Å². The molecule has 0 atom stereocenters. The predicted octanol–water partition coefficient (Wildman–Crippen LogP) is 1.52. The third-order valence-corrected chi connectivity index (χ3v) is 3.73. The SMILES string of the molecule is O=C(C1=NCCN1Cc1ccccc1)N1CCCC1. The molecular formula is C15H19N3O. The molecule has 0 N–H and O–H groups in total. The van der Waals surface area contributed by atoms with Crippen LogP contribution in [0.4, 0.5) is 0 Å². The molecule has 1 aromatic rings. The van der Waals surface area contributed by atoms with Crippen molar-refractivity contribution in [3.05, 3.63) is 35.9 Å². The van der Waals surface area contributed by atoms with E-state index in [0.717, 1.165) is 45.6 Å². The van der Waals surface area contributed by atoms with E-state index < -0.39 is 0 Å². The Hall–Kier alpha value is -1.84. The molecule has 4 heteroatoms. The Balaban J connectivity index is 1.69. The van der Waals surface area contributed by atoms with Gasteiger partial charge in [-0.3, -0.25) is 9.79 Å². The Labute approximate surface area is 113 Å². The van der Waals surface area contributed by atoms with E-state index in [0.29, 0.717) is 5.84 Å². The second-order valence-corrected chi connectivity index (χ2v) is 5.11. The van der Waals surface area contributed by atoms with Crippen molar-refractivity contribution in [2.45, 2.75) is 19.4 Å². The molecular weight excluding hydrogens is 238 g/mol. The lowest BCUT2D eigenvalue weighted by atomic mass is 10.2. The Morgan fingerprint density at radius 1 is 1.11 bits per heavy atom. The zero-order valence-electron chi connectivity index (χ0n) is 11.1. The van der Waals surface area contributed by atoms with Gasteiger partial charge < -0.3 is 9.80 Å². The molecule has 1 fully saturated rings. The molecule has 1 saturated heterocycles. The lowest BCUT2D eigenvalue weighted by Gasteiger charge is -2.23. The van der Waals surface area contributed by atoms with Crippen LogP contribution in [-0.4, -0.2) is 47.7 Å². The lowest BCUT2D eigenvalue weighted by molar-refractivity contribution is -0.123. The molecule has 2 aliphatic heterocycles. The van der Waals surface area contributed by atoms with Gasteiger partial charge in [-0.05, 0) is 18.4 Å². The molecule has 3 rings (SSSR count). The second-order valence-electron chi connectivity index (χ2n) is 5.11. The fourth-order valence-corrected chi connectivity index (χ4v) is 2.70. The van der Waals surface area contributed by atoms with E-state index in [1.807, 2.05) is 23.1 Å². The first-order valence-electron chi connectivity index (χ1n) is 6.97. The van der Waals surface area contributed by atoms with Crippen LogP contribution in [0.15, 0.2) is 35.3 Å².